The Bertz CT molecular complexity index is 1150. The smallest absolute Gasteiger partial charge is 0.324 e. The summed E-state index contributed by atoms with van der Waals surface area (Å²) >= 11 is 12.1. The highest BCUT2D eigenvalue weighted by Gasteiger charge is 2.27. The fourth-order valence-corrected chi connectivity index (χ4v) is 4.56. The number of anilines is 2. The monoisotopic (exact) mass is 495 g/mol. The molecule has 1 heterocycles. The molecular weight excluding hydrogens is 469 g/mol. The zero-order valence-electron chi connectivity index (χ0n) is 19.0. The molecule has 0 saturated carbocycles. The number of rotatable bonds is 7. The zero-order chi connectivity index (χ0) is 24.1. The highest BCUT2D eigenvalue weighted by molar-refractivity contribution is 6.42. The Morgan fingerprint density at radius 1 is 0.971 bits per heavy atom. The van der Waals surface area contributed by atoms with Gasteiger partial charge in [-0.15, -0.1) is 0 Å². The average molecular weight is 496 g/mol. The predicted molar refractivity (Wildman–Crippen MR) is 139 cm³/mol. The number of urea groups is 1. The molecule has 1 aliphatic heterocycles. The molecular formula is C27H27Cl2N3O2. The molecule has 5 nitrogen and oxygen atoms in total. The minimum absolute atomic E-state index is 0.0386. The molecule has 0 unspecified atom stereocenters. The van der Waals surface area contributed by atoms with Crippen LogP contribution in [0.25, 0.3) is 0 Å². The number of carbonyl (C=O) groups is 2. The van der Waals surface area contributed by atoms with E-state index in [-0.39, 0.29) is 17.9 Å². The van der Waals surface area contributed by atoms with Crippen LogP contribution in [0.2, 0.25) is 10.0 Å². The van der Waals surface area contributed by atoms with Gasteiger partial charge in [-0.3, -0.25) is 9.69 Å². The number of benzene rings is 3. The Morgan fingerprint density at radius 3 is 2.38 bits per heavy atom. The second-order valence-corrected chi connectivity index (χ2v) is 9.18. The maximum Gasteiger partial charge on any atom is 0.324 e. The van der Waals surface area contributed by atoms with Crippen molar-refractivity contribution in [3.8, 4) is 0 Å². The van der Waals surface area contributed by atoms with Crippen molar-refractivity contribution in [1.82, 2.24) is 4.90 Å². The van der Waals surface area contributed by atoms with Crippen LogP contribution in [0.4, 0.5) is 16.2 Å². The SMILES string of the molecule is CC[C@H](C(=O)Nc1ccc(N2CCCN(Cc3ccc(Cl)c(Cl)c3)C2=O)cc1)c1ccccc1. The van der Waals surface area contributed by atoms with Gasteiger partial charge in [0.05, 0.1) is 16.0 Å². The van der Waals surface area contributed by atoms with Crippen molar-refractivity contribution in [2.24, 2.45) is 0 Å². The molecule has 3 aromatic rings. The second-order valence-electron chi connectivity index (χ2n) is 8.37. The van der Waals surface area contributed by atoms with Gasteiger partial charge in [-0.1, -0.05) is 66.5 Å². The summed E-state index contributed by atoms with van der Waals surface area (Å²) in [5.74, 6) is -0.247. The van der Waals surface area contributed by atoms with E-state index in [4.69, 9.17) is 23.2 Å². The number of hydrogen-bond acceptors (Lipinski definition) is 2. The summed E-state index contributed by atoms with van der Waals surface area (Å²) in [6.45, 7) is 3.81. The van der Waals surface area contributed by atoms with Gasteiger partial charge in [0.25, 0.3) is 0 Å². The van der Waals surface area contributed by atoms with Crippen LogP contribution < -0.4 is 10.2 Å². The molecule has 0 bridgehead atoms. The lowest BCUT2D eigenvalue weighted by molar-refractivity contribution is -0.117. The fourth-order valence-electron chi connectivity index (χ4n) is 4.24. The third-order valence-electron chi connectivity index (χ3n) is 6.04. The van der Waals surface area contributed by atoms with Crippen molar-refractivity contribution in [2.75, 3.05) is 23.3 Å². The van der Waals surface area contributed by atoms with E-state index in [1.165, 1.54) is 0 Å². The van der Waals surface area contributed by atoms with Crippen LogP contribution >= 0.6 is 23.2 Å². The van der Waals surface area contributed by atoms with E-state index in [2.05, 4.69) is 5.32 Å². The van der Waals surface area contributed by atoms with Crippen molar-refractivity contribution in [1.29, 1.82) is 0 Å². The number of carbonyl (C=O) groups excluding carboxylic acids is 2. The Kier molecular flexibility index (Phi) is 7.76. The molecule has 1 N–H and O–H groups in total. The number of amides is 3. The molecule has 3 aromatic carbocycles. The van der Waals surface area contributed by atoms with Crippen LogP contribution in [-0.4, -0.2) is 29.9 Å². The molecule has 1 fully saturated rings. The summed E-state index contributed by atoms with van der Waals surface area (Å²) < 4.78 is 0. The third kappa shape index (κ3) is 5.54. The van der Waals surface area contributed by atoms with E-state index in [9.17, 15) is 9.59 Å². The Balaban J connectivity index is 1.42. The molecule has 176 valence electrons. The van der Waals surface area contributed by atoms with Crippen molar-refractivity contribution in [3.05, 3.63) is 94.0 Å². The van der Waals surface area contributed by atoms with Crippen molar-refractivity contribution < 1.29 is 9.59 Å². The summed E-state index contributed by atoms with van der Waals surface area (Å²) in [6.07, 6.45) is 1.58. The lowest BCUT2D eigenvalue weighted by Crippen LogP contribution is -2.49. The number of nitrogens with one attached hydrogen (secondary N) is 1. The minimum atomic E-state index is -0.209. The molecule has 3 amide bonds. The first-order valence-corrected chi connectivity index (χ1v) is 12.2. The first-order chi connectivity index (χ1) is 16.5. The molecule has 4 rings (SSSR count). The molecule has 1 atom stereocenters. The first kappa shape index (κ1) is 24.1. The quantitative estimate of drug-likeness (QED) is 0.385. The molecule has 0 radical (unpaired) electrons. The average Bonchev–Trinajstić information content (AvgIpc) is 2.84. The van der Waals surface area contributed by atoms with E-state index in [0.29, 0.717) is 41.8 Å². The van der Waals surface area contributed by atoms with Crippen LogP contribution in [0.3, 0.4) is 0 Å². The lowest BCUT2D eigenvalue weighted by atomic mass is 9.95. The summed E-state index contributed by atoms with van der Waals surface area (Å²) in [4.78, 5) is 29.6. The maximum atomic E-state index is 13.2. The van der Waals surface area contributed by atoms with Gasteiger partial charge in [0.1, 0.15) is 0 Å². The highest BCUT2D eigenvalue weighted by atomic mass is 35.5. The van der Waals surface area contributed by atoms with Gasteiger partial charge in [-0.2, -0.15) is 0 Å². The predicted octanol–water partition coefficient (Wildman–Crippen LogP) is 6.96. The summed E-state index contributed by atoms with van der Waals surface area (Å²) in [5.41, 5.74) is 3.45. The molecule has 0 aromatic heterocycles. The fraction of sp³-hybridized carbons (Fsp3) is 0.259. The van der Waals surface area contributed by atoms with Crippen LogP contribution in [0, 0.1) is 0 Å². The van der Waals surface area contributed by atoms with Gasteiger partial charge in [0.2, 0.25) is 5.91 Å². The van der Waals surface area contributed by atoms with E-state index in [1.807, 2.05) is 72.5 Å². The molecule has 7 heteroatoms. The Morgan fingerprint density at radius 2 is 1.71 bits per heavy atom. The minimum Gasteiger partial charge on any atom is -0.326 e. The van der Waals surface area contributed by atoms with E-state index in [1.54, 1.807) is 17.0 Å². The standard InChI is InChI=1S/C27H27Cl2N3O2/c1-2-23(20-7-4-3-5-8-20)26(33)30-21-10-12-22(13-11-21)32-16-6-15-31(27(32)34)18-19-9-14-24(28)25(29)17-19/h3-5,7-14,17,23H,2,6,15-16,18H2,1H3,(H,30,33)/t23-/m0/s1. The summed E-state index contributed by atoms with van der Waals surface area (Å²) in [6, 6.07) is 22.6. The first-order valence-electron chi connectivity index (χ1n) is 11.4. The number of nitrogens with zero attached hydrogens (tertiary/aromatic N) is 2. The van der Waals surface area contributed by atoms with E-state index < -0.39 is 0 Å². The van der Waals surface area contributed by atoms with Crippen LogP contribution in [0.5, 0.6) is 0 Å². The topological polar surface area (TPSA) is 52.7 Å². The Labute approximate surface area is 210 Å². The van der Waals surface area contributed by atoms with Crippen LogP contribution in [0.1, 0.15) is 36.8 Å². The second kappa shape index (κ2) is 10.9. The molecule has 1 aliphatic rings. The van der Waals surface area contributed by atoms with Crippen LogP contribution in [-0.2, 0) is 11.3 Å². The maximum absolute atomic E-state index is 13.2. The molecule has 0 spiro atoms. The molecule has 34 heavy (non-hydrogen) atoms. The normalized spacial score (nSPS) is 14.7. The third-order valence-corrected chi connectivity index (χ3v) is 6.78. The summed E-state index contributed by atoms with van der Waals surface area (Å²) in [5, 5.41) is 3.99. The van der Waals surface area contributed by atoms with Gasteiger partial charge < -0.3 is 10.2 Å². The lowest BCUT2D eigenvalue weighted by Gasteiger charge is -2.35. The molecule has 0 aliphatic carbocycles. The zero-order valence-corrected chi connectivity index (χ0v) is 20.5. The van der Waals surface area contributed by atoms with E-state index >= 15 is 0 Å². The van der Waals surface area contributed by atoms with Gasteiger partial charge in [0.15, 0.2) is 0 Å². The van der Waals surface area contributed by atoms with E-state index in [0.717, 1.165) is 23.2 Å². The summed E-state index contributed by atoms with van der Waals surface area (Å²) in [7, 11) is 0. The van der Waals surface area contributed by atoms with Crippen molar-refractivity contribution in [2.45, 2.75) is 32.2 Å². The van der Waals surface area contributed by atoms with Gasteiger partial charge >= 0.3 is 6.03 Å². The Hall–Kier alpha value is -3.02. The van der Waals surface area contributed by atoms with Crippen LogP contribution in [0.15, 0.2) is 72.8 Å². The van der Waals surface area contributed by atoms with Gasteiger partial charge in [-0.25, -0.2) is 4.79 Å². The highest BCUT2D eigenvalue weighted by Crippen LogP contribution is 2.27. The van der Waals surface area contributed by atoms with Crippen molar-refractivity contribution in [3.63, 3.8) is 0 Å². The van der Waals surface area contributed by atoms with Crippen molar-refractivity contribution >= 4 is 46.5 Å². The van der Waals surface area contributed by atoms with Gasteiger partial charge in [0, 0.05) is 31.0 Å². The molecule has 1 saturated heterocycles. The van der Waals surface area contributed by atoms with Gasteiger partial charge in [-0.05, 0) is 60.4 Å². The number of halogens is 2. The largest absolute Gasteiger partial charge is 0.326 e. The number of hydrogen-bond donors (Lipinski definition) is 1.